The Hall–Kier alpha value is -1.72. The maximum absolute atomic E-state index is 12.2. The minimum absolute atomic E-state index is 0.267. The SMILES string of the molecule is CCNCC[C@@H]1CCC(=O)N1Cc1nc(-c2ccccc2)cs1. The van der Waals surface area contributed by atoms with Gasteiger partial charge in [0.1, 0.15) is 5.01 Å². The van der Waals surface area contributed by atoms with Gasteiger partial charge in [-0.15, -0.1) is 11.3 Å². The summed E-state index contributed by atoms with van der Waals surface area (Å²) < 4.78 is 0. The highest BCUT2D eigenvalue weighted by Crippen LogP contribution is 2.27. The second-order valence-electron chi connectivity index (χ2n) is 5.85. The molecule has 23 heavy (non-hydrogen) atoms. The minimum Gasteiger partial charge on any atom is -0.333 e. The number of carbonyl (C=O) groups is 1. The molecule has 3 rings (SSSR count). The third kappa shape index (κ3) is 3.98. The maximum atomic E-state index is 12.2. The molecule has 1 aliphatic heterocycles. The van der Waals surface area contributed by atoms with Crippen molar-refractivity contribution in [2.24, 2.45) is 0 Å². The van der Waals surface area contributed by atoms with Crippen LogP contribution in [-0.2, 0) is 11.3 Å². The number of amides is 1. The van der Waals surface area contributed by atoms with E-state index in [2.05, 4.69) is 29.8 Å². The van der Waals surface area contributed by atoms with E-state index in [1.54, 1.807) is 11.3 Å². The van der Waals surface area contributed by atoms with E-state index in [0.29, 0.717) is 19.0 Å². The van der Waals surface area contributed by atoms with E-state index in [1.807, 2.05) is 23.1 Å². The van der Waals surface area contributed by atoms with E-state index in [4.69, 9.17) is 4.98 Å². The Morgan fingerprint density at radius 2 is 2.17 bits per heavy atom. The Bertz CT molecular complexity index is 641. The van der Waals surface area contributed by atoms with Gasteiger partial charge in [-0.2, -0.15) is 0 Å². The molecule has 2 heterocycles. The van der Waals surface area contributed by atoms with Crippen molar-refractivity contribution in [1.82, 2.24) is 15.2 Å². The summed E-state index contributed by atoms with van der Waals surface area (Å²) >= 11 is 1.64. The molecule has 5 heteroatoms. The van der Waals surface area contributed by atoms with Crippen LogP contribution in [0.4, 0.5) is 0 Å². The number of rotatable bonds is 7. The zero-order valence-electron chi connectivity index (χ0n) is 13.5. The fourth-order valence-corrected chi connectivity index (χ4v) is 3.83. The highest BCUT2D eigenvalue weighted by molar-refractivity contribution is 7.09. The smallest absolute Gasteiger partial charge is 0.223 e. The standard InChI is InChI=1S/C18H23N3OS/c1-2-19-11-10-15-8-9-18(22)21(15)12-17-20-16(13-23-17)14-6-4-3-5-7-14/h3-7,13,15,19H,2,8-12H2,1H3/t15-/m0/s1. The minimum atomic E-state index is 0.267. The third-order valence-corrected chi connectivity index (χ3v) is 5.12. The lowest BCUT2D eigenvalue weighted by Gasteiger charge is -2.24. The van der Waals surface area contributed by atoms with Crippen LogP contribution in [0, 0.1) is 0 Å². The van der Waals surface area contributed by atoms with Gasteiger partial charge in [0.2, 0.25) is 5.91 Å². The first-order valence-electron chi connectivity index (χ1n) is 8.28. The van der Waals surface area contributed by atoms with Gasteiger partial charge < -0.3 is 10.2 Å². The summed E-state index contributed by atoms with van der Waals surface area (Å²) in [6.45, 7) is 4.71. The predicted molar refractivity (Wildman–Crippen MR) is 94.3 cm³/mol. The summed E-state index contributed by atoms with van der Waals surface area (Å²) in [5, 5.41) is 6.45. The Balaban J connectivity index is 1.66. The van der Waals surface area contributed by atoms with Crippen LogP contribution in [0.3, 0.4) is 0 Å². The molecule has 1 aromatic heterocycles. The molecule has 0 aliphatic carbocycles. The molecule has 1 fully saturated rings. The van der Waals surface area contributed by atoms with Crippen molar-refractivity contribution < 1.29 is 4.79 Å². The molecular weight excluding hydrogens is 306 g/mol. The molecule has 0 spiro atoms. The normalized spacial score (nSPS) is 17.9. The molecular formula is C18H23N3OS. The van der Waals surface area contributed by atoms with E-state index < -0.39 is 0 Å². The fraction of sp³-hybridized carbons (Fsp3) is 0.444. The van der Waals surface area contributed by atoms with Crippen molar-refractivity contribution >= 4 is 17.2 Å². The largest absolute Gasteiger partial charge is 0.333 e. The van der Waals surface area contributed by atoms with Crippen molar-refractivity contribution in [2.75, 3.05) is 13.1 Å². The predicted octanol–water partition coefficient (Wildman–Crippen LogP) is 3.30. The third-order valence-electron chi connectivity index (χ3n) is 4.28. The van der Waals surface area contributed by atoms with Gasteiger partial charge in [0, 0.05) is 23.4 Å². The Labute approximate surface area is 141 Å². The van der Waals surface area contributed by atoms with Crippen molar-refractivity contribution in [3.05, 3.63) is 40.7 Å². The first kappa shape index (κ1) is 16.1. The zero-order chi connectivity index (χ0) is 16.1. The molecule has 1 aromatic carbocycles. The monoisotopic (exact) mass is 329 g/mol. The molecule has 1 amide bonds. The van der Waals surface area contributed by atoms with Crippen LogP contribution in [0.25, 0.3) is 11.3 Å². The zero-order valence-corrected chi connectivity index (χ0v) is 14.3. The highest BCUT2D eigenvalue weighted by atomic mass is 32.1. The number of nitrogens with zero attached hydrogens (tertiary/aromatic N) is 2. The summed E-state index contributed by atoms with van der Waals surface area (Å²) in [7, 11) is 0. The molecule has 1 aliphatic rings. The number of hydrogen-bond acceptors (Lipinski definition) is 4. The first-order chi connectivity index (χ1) is 11.3. The van der Waals surface area contributed by atoms with E-state index in [9.17, 15) is 4.79 Å². The second kappa shape index (κ2) is 7.70. The topological polar surface area (TPSA) is 45.2 Å². The van der Waals surface area contributed by atoms with Crippen LogP contribution < -0.4 is 5.32 Å². The average Bonchev–Trinajstić information content (AvgIpc) is 3.18. The second-order valence-corrected chi connectivity index (χ2v) is 6.79. The van der Waals surface area contributed by atoms with E-state index in [1.165, 1.54) is 0 Å². The quantitative estimate of drug-likeness (QED) is 0.793. The lowest BCUT2D eigenvalue weighted by atomic mass is 10.1. The van der Waals surface area contributed by atoms with Gasteiger partial charge in [-0.05, 0) is 25.9 Å². The number of aromatic nitrogens is 1. The fourth-order valence-electron chi connectivity index (χ4n) is 3.03. The summed E-state index contributed by atoms with van der Waals surface area (Å²) in [6.07, 6.45) is 2.67. The Kier molecular flexibility index (Phi) is 5.41. The molecule has 0 saturated carbocycles. The van der Waals surface area contributed by atoms with Crippen molar-refractivity contribution in [1.29, 1.82) is 0 Å². The molecule has 1 N–H and O–H groups in total. The van der Waals surface area contributed by atoms with Crippen LogP contribution >= 0.6 is 11.3 Å². The number of nitrogens with one attached hydrogen (secondary N) is 1. The summed E-state index contributed by atoms with van der Waals surface area (Å²) in [6, 6.07) is 10.5. The highest BCUT2D eigenvalue weighted by Gasteiger charge is 2.30. The van der Waals surface area contributed by atoms with Gasteiger partial charge in [-0.1, -0.05) is 37.3 Å². The van der Waals surface area contributed by atoms with Gasteiger partial charge in [-0.25, -0.2) is 4.98 Å². The molecule has 4 nitrogen and oxygen atoms in total. The van der Waals surface area contributed by atoms with Crippen LogP contribution in [-0.4, -0.2) is 34.9 Å². The molecule has 0 bridgehead atoms. The summed E-state index contributed by atoms with van der Waals surface area (Å²) in [5.74, 6) is 0.267. The molecule has 1 saturated heterocycles. The maximum Gasteiger partial charge on any atom is 0.223 e. The first-order valence-corrected chi connectivity index (χ1v) is 9.16. The number of likely N-dealkylation sites (tertiary alicyclic amines) is 1. The van der Waals surface area contributed by atoms with Gasteiger partial charge in [-0.3, -0.25) is 4.79 Å². The van der Waals surface area contributed by atoms with Crippen LogP contribution in [0.15, 0.2) is 35.7 Å². The number of benzene rings is 1. The van der Waals surface area contributed by atoms with Gasteiger partial charge >= 0.3 is 0 Å². The molecule has 2 aromatic rings. The van der Waals surface area contributed by atoms with Crippen LogP contribution in [0.1, 0.15) is 31.2 Å². The van der Waals surface area contributed by atoms with Crippen molar-refractivity contribution in [2.45, 2.75) is 38.8 Å². The van der Waals surface area contributed by atoms with E-state index in [-0.39, 0.29) is 5.91 Å². The lowest BCUT2D eigenvalue weighted by Crippen LogP contribution is -2.34. The van der Waals surface area contributed by atoms with Crippen molar-refractivity contribution in [3.8, 4) is 11.3 Å². The van der Waals surface area contributed by atoms with Crippen molar-refractivity contribution in [3.63, 3.8) is 0 Å². The molecule has 0 radical (unpaired) electrons. The van der Waals surface area contributed by atoms with Gasteiger partial charge in [0.15, 0.2) is 0 Å². The summed E-state index contributed by atoms with van der Waals surface area (Å²) in [5.41, 5.74) is 2.13. The lowest BCUT2D eigenvalue weighted by molar-refractivity contribution is -0.129. The number of hydrogen-bond donors (Lipinski definition) is 1. The molecule has 122 valence electrons. The van der Waals surface area contributed by atoms with Gasteiger partial charge in [0.25, 0.3) is 0 Å². The average molecular weight is 329 g/mol. The Morgan fingerprint density at radius 1 is 1.35 bits per heavy atom. The van der Waals surface area contributed by atoms with Crippen LogP contribution in [0.5, 0.6) is 0 Å². The number of carbonyl (C=O) groups excluding carboxylic acids is 1. The molecule has 0 unspecified atom stereocenters. The number of thiazole rings is 1. The van der Waals surface area contributed by atoms with E-state index >= 15 is 0 Å². The van der Waals surface area contributed by atoms with Crippen LogP contribution in [0.2, 0.25) is 0 Å². The summed E-state index contributed by atoms with van der Waals surface area (Å²) in [4.78, 5) is 18.9. The molecule has 1 atom stereocenters. The van der Waals surface area contributed by atoms with Gasteiger partial charge in [0.05, 0.1) is 12.2 Å². The van der Waals surface area contributed by atoms with E-state index in [0.717, 1.165) is 42.2 Å². The Morgan fingerprint density at radius 3 is 2.96 bits per heavy atom.